The van der Waals surface area contributed by atoms with E-state index < -0.39 is 5.67 Å². The molecule has 1 aliphatic rings. The number of nitrogens with two attached hydrogens (primary N) is 1. The lowest BCUT2D eigenvalue weighted by Crippen LogP contribution is -2.22. The van der Waals surface area contributed by atoms with Crippen LogP contribution in [-0.4, -0.2) is 15.8 Å². The molecule has 0 amide bonds. The Labute approximate surface area is 76.7 Å². The molecule has 2 rings (SSSR count). The van der Waals surface area contributed by atoms with Crippen LogP contribution in [0.2, 0.25) is 0 Å². The van der Waals surface area contributed by atoms with Crippen molar-refractivity contribution in [1.82, 2.24) is 9.78 Å². The summed E-state index contributed by atoms with van der Waals surface area (Å²) >= 11 is 0. The normalized spacial score (nSPS) is 33.9. The molecule has 0 aliphatic heterocycles. The molecule has 1 saturated carbocycles. The Kier molecular flexibility index (Phi) is 1.87. The number of hydrogen-bond donors (Lipinski definition) is 1. The van der Waals surface area contributed by atoms with E-state index in [1.165, 1.54) is 0 Å². The first-order valence-electron chi connectivity index (χ1n) is 4.55. The van der Waals surface area contributed by atoms with Crippen LogP contribution in [0.25, 0.3) is 0 Å². The molecule has 1 aromatic heterocycles. The van der Waals surface area contributed by atoms with Crippen LogP contribution in [-0.2, 0) is 12.7 Å². The summed E-state index contributed by atoms with van der Waals surface area (Å²) in [5.41, 5.74) is 4.93. The van der Waals surface area contributed by atoms with E-state index in [0.29, 0.717) is 18.5 Å². The molecule has 1 aliphatic carbocycles. The zero-order valence-corrected chi connectivity index (χ0v) is 7.70. The highest BCUT2D eigenvalue weighted by atomic mass is 19.1. The number of nitrogens with zero attached hydrogens (tertiary/aromatic N) is 2. The maximum atomic E-state index is 14.2. The van der Waals surface area contributed by atoms with Crippen LogP contribution in [0.3, 0.4) is 0 Å². The van der Waals surface area contributed by atoms with E-state index in [0.717, 1.165) is 6.42 Å². The minimum atomic E-state index is -1.28. The largest absolute Gasteiger partial charge is 0.328 e. The Bertz CT molecular complexity index is 310. The van der Waals surface area contributed by atoms with Crippen molar-refractivity contribution in [3.05, 3.63) is 18.0 Å². The maximum Gasteiger partial charge on any atom is 0.156 e. The van der Waals surface area contributed by atoms with E-state index in [1.54, 1.807) is 24.0 Å². The van der Waals surface area contributed by atoms with Crippen LogP contribution in [0.5, 0.6) is 0 Å². The molecule has 72 valence electrons. The topological polar surface area (TPSA) is 43.8 Å². The molecule has 2 N–H and O–H groups in total. The van der Waals surface area contributed by atoms with Gasteiger partial charge in [-0.1, -0.05) is 0 Å². The van der Waals surface area contributed by atoms with E-state index in [2.05, 4.69) is 5.10 Å². The monoisotopic (exact) mass is 183 g/mol. The van der Waals surface area contributed by atoms with E-state index >= 15 is 0 Å². The van der Waals surface area contributed by atoms with Gasteiger partial charge in [0.2, 0.25) is 0 Å². The summed E-state index contributed by atoms with van der Waals surface area (Å²) in [5.74, 6) is 0. The average molecular weight is 183 g/mol. The lowest BCUT2D eigenvalue weighted by atomic mass is 10.0. The molecule has 13 heavy (non-hydrogen) atoms. The van der Waals surface area contributed by atoms with Crippen LogP contribution in [0.4, 0.5) is 4.39 Å². The molecule has 1 aromatic rings. The van der Waals surface area contributed by atoms with E-state index in [-0.39, 0.29) is 6.04 Å². The van der Waals surface area contributed by atoms with Crippen LogP contribution < -0.4 is 5.73 Å². The number of aryl methyl sites for hydroxylation is 1. The summed E-state index contributed by atoms with van der Waals surface area (Å²) in [6, 6.07) is 1.73. The second-order valence-electron chi connectivity index (χ2n) is 3.84. The quantitative estimate of drug-likeness (QED) is 0.708. The SMILES string of the molecule is Cn1ccc(C2(F)CCC(N)C2)n1. The third kappa shape index (κ3) is 1.46. The second-order valence-corrected chi connectivity index (χ2v) is 3.84. The van der Waals surface area contributed by atoms with Crippen molar-refractivity contribution in [2.75, 3.05) is 0 Å². The molecule has 4 heteroatoms. The van der Waals surface area contributed by atoms with Crippen molar-refractivity contribution < 1.29 is 4.39 Å². The number of aromatic nitrogens is 2. The number of alkyl halides is 1. The Morgan fingerprint density at radius 2 is 2.54 bits per heavy atom. The van der Waals surface area contributed by atoms with Crippen molar-refractivity contribution in [3.8, 4) is 0 Å². The van der Waals surface area contributed by atoms with Crippen LogP contribution >= 0.6 is 0 Å². The predicted octanol–water partition coefficient (Wildman–Crippen LogP) is 1.10. The van der Waals surface area contributed by atoms with Gasteiger partial charge in [0.05, 0.1) is 5.69 Å². The molecule has 0 bridgehead atoms. The standard InChI is InChI=1S/C9H14FN3/c1-13-5-3-8(12-13)9(10)4-2-7(11)6-9/h3,5,7H,2,4,6,11H2,1H3. The van der Waals surface area contributed by atoms with Gasteiger partial charge in [0.1, 0.15) is 0 Å². The van der Waals surface area contributed by atoms with Gasteiger partial charge in [-0.05, 0) is 18.9 Å². The Hall–Kier alpha value is -0.900. The van der Waals surface area contributed by atoms with Crippen molar-refractivity contribution in [3.63, 3.8) is 0 Å². The fraction of sp³-hybridized carbons (Fsp3) is 0.667. The third-order valence-electron chi connectivity index (χ3n) is 2.67. The summed E-state index contributed by atoms with van der Waals surface area (Å²) in [5, 5.41) is 4.08. The first kappa shape index (κ1) is 8.69. The van der Waals surface area contributed by atoms with Gasteiger partial charge >= 0.3 is 0 Å². The molecule has 3 nitrogen and oxygen atoms in total. The van der Waals surface area contributed by atoms with Crippen molar-refractivity contribution in [2.24, 2.45) is 12.8 Å². The minimum Gasteiger partial charge on any atom is -0.328 e. The molecule has 2 unspecified atom stereocenters. The van der Waals surface area contributed by atoms with Gasteiger partial charge in [0, 0.05) is 25.7 Å². The molecular weight excluding hydrogens is 169 g/mol. The molecule has 0 radical (unpaired) electrons. The lowest BCUT2D eigenvalue weighted by Gasteiger charge is -2.15. The summed E-state index contributed by atoms with van der Waals surface area (Å²) in [6.45, 7) is 0. The summed E-state index contributed by atoms with van der Waals surface area (Å²) in [4.78, 5) is 0. The van der Waals surface area contributed by atoms with Gasteiger partial charge in [-0.2, -0.15) is 5.10 Å². The zero-order valence-electron chi connectivity index (χ0n) is 7.70. The first-order chi connectivity index (χ1) is 6.10. The zero-order chi connectivity index (χ0) is 9.47. The Balaban J connectivity index is 2.25. The van der Waals surface area contributed by atoms with Crippen molar-refractivity contribution in [2.45, 2.75) is 31.0 Å². The van der Waals surface area contributed by atoms with Gasteiger partial charge in [-0.15, -0.1) is 0 Å². The minimum absolute atomic E-state index is 0.00740. The van der Waals surface area contributed by atoms with Gasteiger partial charge in [0.15, 0.2) is 5.67 Å². The van der Waals surface area contributed by atoms with Crippen LogP contribution in [0, 0.1) is 0 Å². The van der Waals surface area contributed by atoms with Crippen molar-refractivity contribution in [1.29, 1.82) is 0 Å². The highest BCUT2D eigenvalue weighted by molar-refractivity contribution is 5.14. The lowest BCUT2D eigenvalue weighted by molar-refractivity contribution is 0.165. The summed E-state index contributed by atoms with van der Waals surface area (Å²) in [7, 11) is 1.79. The molecule has 0 aromatic carbocycles. The van der Waals surface area contributed by atoms with E-state index in [4.69, 9.17) is 5.73 Å². The molecule has 0 spiro atoms. The fourth-order valence-electron chi connectivity index (χ4n) is 1.92. The highest BCUT2D eigenvalue weighted by Crippen LogP contribution is 2.40. The Morgan fingerprint density at radius 3 is 3.00 bits per heavy atom. The van der Waals surface area contributed by atoms with Crippen LogP contribution in [0.15, 0.2) is 12.3 Å². The average Bonchev–Trinajstić information content (AvgIpc) is 2.60. The molecule has 1 heterocycles. The van der Waals surface area contributed by atoms with Gasteiger partial charge < -0.3 is 5.73 Å². The highest BCUT2D eigenvalue weighted by Gasteiger charge is 2.41. The number of halogens is 1. The summed E-state index contributed by atoms with van der Waals surface area (Å²) < 4.78 is 15.8. The molecule has 1 fully saturated rings. The number of hydrogen-bond acceptors (Lipinski definition) is 2. The molecule has 2 atom stereocenters. The number of rotatable bonds is 1. The maximum absolute atomic E-state index is 14.2. The van der Waals surface area contributed by atoms with E-state index in [1.807, 2.05) is 0 Å². The second kappa shape index (κ2) is 2.80. The smallest absolute Gasteiger partial charge is 0.156 e. The molecular formula is C9H14FN3. The molecule has 0 saturated heterocycles. The fourth-order valence-corrected chi connectivity index (χ4v) is 1.92. The third-order valence-corrected chi connectivity index (χ3v) is 2.67. The first-order valence-corrected chi connectivity index (χ1v) is 4.55. The summed E-state index contributed by atoms with van der Waals surface area (Å²) in [6.07, 6.45) is 3.43. The van der Waals surface area contributed by atoms with E-state index in [9.17, 15) is 4.39 Å². The van der Waals surface area contributed by atoms with Gasteiger partial charge in [-0.25, -0.2) is 4.39 Å². The van der Waals surface area contributed by atoms with Gasteiger partial charge in [-0.3, -0.25) is 4.68 Å². The van der Waals surface area contributed by atoms with Crippen LogP contribution in [0.1, 0.15) is 25.0 Å². The van der Waals surface area contributed by atoms with Crippen molar-refractivity contribution >= 4 is 0 Å². The Morgan fingerprint density at radius 1 is 1.77 bits per heavy atom. The van der Waals surface area contributed by atoms with Gasteiger partial charge in [0.25, 0.3) is 0 Å². The predicted molar refractivity (Wildman–Crippen MR) is 47.8 cm³/mol.